The molecular formula is C27H45N5O3. The van der Waals surface area contributed by atoms with E-state index >= 15 is 0 Å². The lowest BCUT2D eigenvalue weighted by atomic mass is 9.85. The zero-order valence-electron chi connectivity index (χ0n) is 22.2. The number of carbonyl (C=O) groups is 3. The van der Waals surface area contributed by atoms with E-state index in [-0.39, 0.29) is 29.8 Å². The van der Waals surface area contributed by atoms with Crippen molar-refractivity contribution in [1.82, 2.24) is 20.4 Å². The van der Waals surface area contributed by atoms with Gasteiger partial charge in [-0.05, 0) is 50.6 Å². The molecule has 196 valence electrons. The summed E-state index contributed by atoms with van der Waals surface area (Å²) in [5.74, 6) is -0.169. The minimum atomic E-state index is -0.612. The maximum absolute atomic E-state index is 13.6. The van der Waals surface area contributed by atoms with Crippen molar-refractivity contribution in [3.63, 3.8) is 0 Å². The van der Waals surface area contributed by atoms with Crippen LogP contribution in [0.25, 0.3) is 0 Å². The zero-order chi connectivity index (χ0) is 26.0. The number of hydrogen-bond donors (Lipinski definition) is 3. The molecule has 3 atom stereocenters. The van der Waals surface area contributed by atoms with Crippen LogP contribution >= 0.6 is 0 Å². The van der Waals surface area contributed by atoms with Gasteiger partial charge >= 0.3 is 0 Å². The Labute approximate surface area is 211 Å². The molecule has 1 heterocycles. The standard InChI is InChI=1S/C27H45N5O3/c1-20(29-5)25(34)30-24(27(2,3)4)26(35)32-17-9-12-22(32)15-19-31(23(33)13-16-28)18-14-21-10-7-6-8-11-21/h6-8,10-11,20,22,24,29H,9,12-19,28H2,1-5H3,(H,30,34)/t20-,22-,24+/m0/s1. The minimum absolute atomic E-state index is 0.0410. The number of amides is 3. The van der Waals surface area contributed by atoms with E-state index in [9.17, 15) is 14.4 Å². The van der Waals surface area contributed by atoms with Crippen molar-refractivity contribution in [2.24, 2.45) is 11.1 Å². The van der Waals surface area contributed by atoms with Gasteiger partial charge in [-0.15, -0.1) is 0 Å². The second-order valence-corrected chi connectivity index (χ2v) is 10.6. The monoisotopic (exact) mass is 487 g/mol. The summed E-state index contributed by atoms with van der Waals surface area (Å²) in [6, 6.07) is 9.19. The van der Waals surface area contributed by atoms with Gasteiger partial charge in [0.25, 0.3) is 0 Å². The molecule has 0 bridgehead atoms. The van der Waals surface area contributed by atoms with Crippen LogP contribution in [-0.2, 0) is 20.8 Å². The Morgan fingerprint density at radius 2 is 1.86 bits per heavy atom. The van der Waals surface area contributed by atoms with Gasteiger partial charge in [-0.2, -0.15) is 0 Å². The van der Waals surface area contributed by atoms with Crippen molar-refractivity contribution >= 4 is 17.7 Å². The first-order valence-corrected chi connectivity index (χ1v) is 12.9. The minimum Gasteiger partial charge on any atom is -0.342 e. The Hall–Kier alpha value is -2.45. The molecule has 0 unspecified atom stereocenters. The lowest BCUT2D eigenvalue weighted by molar-refractivity contribution is -0.140. The predicted molar refractivity (Wildman–Crippen MR) is 140 cm³/mol. The summed E-state index contributed by atoms with van der Waals surface area (Å²) in [6.07, 6.45) is 3.65. The van der Waals surface area contributed by atoms with Gasteiger partial charge in [-0.3, -0.25) is 14.4 Å². The number of likely N-dealkylation sites (tertiary alicyclic amines) is 1. The number of likely N-dealkylation sites (N-methyl/N-ethyl adjacent to an activating group) is 1. The van der Waals surface area contributed by atoms with Crippen molar-refractivity contribution in [2.75, 3.05) is 33.2 Å². The molecule has 8 heteroatoms. The van der Waals surface area contributed by atoms with Gasteiger partial charge < -0.3 is 26.2 Å². The second kappa shape index (κ2) is 13.6. The molecule has 35 heavy (non-hydrogen) atoms. The number of nitrogens with one attached hydrogen (secondary N) is 2. The maximum Gasteiger partial charge on any atom is 0.245 e. The lowest BCUT2D eigenvalue weighted by Crippen LogP contribution is -2.58. The normalized spacial score (nSPS) is 17.7. The second-order valence-electron chi connectivity index (χ2n) is 10.6. The highest BCUT2D eigenvalue weighted by Gasteiger charge is 2.40. The molecule has 8 nitrogen and oxygen atoms in total. The third kappa shape index (κ3) is 8.61. The Morgan fingerprint density at radius 1 is 1.17 bits per heavy atom. The van der Waals surface area contributed by atoms with Crippen LogP contribution in [0, 0.1) is 5.41 Å². The summed E-state index contributed by atoms with van der Waals surface area (Å²) in [5.41, 5.74) is 6.43. The largest absolute Gasteiger partial charge is 0.342 e. The smallest absolute Gasteiger partial charge is 0.245 e. The molecule has 3 amide bonds. The zero-order valence-corrected chi connectivity index (χ0v) is 22.2. The van der Waals surface area contributed by atoms with Crippen LogP contribution in [0.1, 0.15) is 58.9 Å². The average Bonchev–Trinajstić information content (AvgIpc) is 3.30. The van der Waals surface area contributed by atoms with E-state index in [1.165, 1.54) is 5.56 Å². The molecule has 0 aromatic heterocycles. The van der Waals surface area contributed by atoms with Crippen LogP contribution in [0.4, 0.5) is 0 Å². The summed E-state index contributed by atoms with van der Waals surface area (Å²) < 4.78 is 0. The predicted octanol–water partition coefficient (Wildman–Crippen LogP) is 1.93. The molecule has 1 aromatic rings. The summed E-state index contributed by atoms with van der Waals surface area (Å²) in [5, 5.41) is 5.90. The molecule has 0 radical (unpaired) electrons. The number of carbonyl (C=O) groups excluding carboxylic acids is 3. The quantitative estimate of drug-likeness (QED) is 0.418. The van der Waals surface area contributed by atoms with E-state index in [2.05, 4.69) is 22.8 Å². The Morgan fingerprint density at radius 3 is 2.46 bits per heavy atom. The van der Waals surface area contributed by atoms with Crippen molar-refractivity contribution < 1.29 is 14.4 Å². The number of nitrogens with two attached hydrogens (primary N) is 1. The SMILES string of the molecule is CN[C@@H](C)C(=O)N[C@H](C(=O)N1CCC[C@H]1CCN(CCc1ccccc1)C(=O)CCN)C(C)(C)C. The first-order chi connectivity index (χ1) is 16.6. The third-order valence-corrected chi connectivity index (χ3v) is 6.84. The van der Waals surface area contributed by atoms with Gasteiger partial charge in [-0.25, -0.2) is 0 Å². The van der Waals surface area contributed by atoms with Crippen LogP contribution in [0.5, 0.6) is 0 Å². The van der Waals surface area contributed by atoms with E-state index in [4.69, 9.17) is 5.73 Å². The third-order valence-electron chi connectivity index (χ3n) is 6.84. The average molecular weight is 488 g/mol. The van der Waals surface area contributed by atoms with Crippen LogP contribution < -0.4 is 16.4 Å². The fourth-order valence-electron chi connectivity index (χ4n) is 4.50. The molecule has 1 saturated heterocycles. The van der Waals surface area contributed by atoms with Gasteiger partial charge in [0.1, 0.15) is 6.04 Å². The van der Waals surface area contributed by atoms with Crippen molar-refractivity contribution in [2.45, 2.75) is 77.9 Å². The summed E-state index contributed by atoms with van der Waals surface area (Å²) in [6.45, 7) is 9.92. The van der Waals surface area contributed by atoms with Crippen LogP contribution in [0.15, 0.2) is 30.3 Å². The number of nitrogens with zero attached hydrogens (tertiary/aromatic N) is 2. The van der Waals surface area contributed by atoms with E-state index in [0.717, 1.165) is 19.3 Å². The highest BCUT2D eigenvalue weighted by molar-refractivity contribution is 5.90. The van der Waals surface area contributed by atoms with Gasteiger partial charge in [0, 0.05) is 38.6 Å². The first kappa shape index (κ1) is 28.8. The maximum atomic E-state index is 13.6. The van der Waals surface area contributed by atoms with E-state index < -0.39 is 11.5 Å². The van der Waals surface area contributed by atoms with Crippen molar-refractivity contribution in [3.05, 3.63) is 35.9 Å². The van der Waals surface area contributed by atoms with Crippen LogP contribution in [-0.4, -0.2) is 78.9 Å². The van der Waals surface area contributed by atoms with E-state index in [1.807, 2.05) is 48.8 Å². The summed E-state index contributed by atoms with van der Waals surface area (Å²) in [7, 11) is 1.73. The fourth-order valence-corrected chi connectivity index (χ4v) is 4.50. The Kier molecular flexibility index (Phi) is 11.2. The molecular weight excluding hydrogens is 442 g/mol. The Balaban J connectivity index is 2.07. The highest BCUT2D eigenvalue weighted by Crippen LogP contribution is 2.27. The number of rotatable bonds is 12. The molecule has 4 N–H and O–H groups in total. The highest BCUT2D eigenvalue weighted by atomic mass is 16.2. The molecule has 0 saturated carbocycles. The first-order valence-electron chi connectivity index (χ1n) is 12.9. The van der Waals surface area contributed by atoms with Crippen LogP contribution in [0.3, 0.4) is 0 Å². The number of benzene rings is 1. The van der Waals surface area contributed by atoms with E-state index in [1.54, 1.807) is 14.0 Å². The molecule has 2 rings (SSSR count). The van der Waals surface area contributed by atoms with Gasteiger partial charge in [-0.1, -0.05) is 51.1 Å². The summed E-state index contributed by atoms with van der Waals surface area (Å²) in [4.78, 5) is 42.8. The molecule has 1 aliphatic rings. The fraction of sp³-hybridized carbons (Fsp3) is 0.667. The topological polar surface area (TPSA) is 108 Å². The van der Waals surface area contributed by atoms with Crippen LogP contribution in [0.2, 0.25) is 0 Å². The van der Waals surface area contributed by atoms with Crippen molar-refractivity contribution in [1.29, 1.82) is 0 Å². The van der Waals surface area contributed by atoms with Crippen molar-refractivity contribution in [3.8, 4) is 0 Å². The van der Waals surface area contributed by atoms with Gasteiger partial charge in [0.15, 0.2) is 0 Å². The molecule has 1 aromatic carbocycles. The molecule has 0 spiro atoms. The van der Waals surface area contributed by atoms with Gasteiger partial charge in [0.05, 0.1) is 6.04 Å². The summed E-state index contributed by atoms with van der Waals surface area (Å²) >= 11 is 0. The van der Waals surface area contributed by atoms with Gasteiger partial charge in [0.2, 0.25) is 17.7 Å². The molecule has 1 fully saturated rings. The lowest BCUT2D eigenvalue weighted by Gasteiger charge is -2.36. The van der Waals surface area contributed by atoms with E-state index in [0.29, 0.717) is 39.0 Å². The number of hydrogen-bond acceptors (Lipinski definition) is 5. The Bertz CT molecular complexity index is 824. The molecule has 1 aliphatic heterocycles. The molecule has 0 aliphatic carbocycles.